The van der Waals surface area contributed by atoms with Gasteiger partial charge in [0.15, 0.2) is 0 Å². The lowest BCUT2D eigenvalue weighted by atomic mass is 9.97. The van der Waals surface area contributed by atoms with Crippen LogP contribution in [-0.2, 0) is 11.3 Å². The monoisotopic (exact) mass is 277 g/mol. The first-order valence-corrected chi connectivity index (χ1v) is 6.70. The third-order valence-electron chi connectivity index (χ3n) is 3.87. The summed E-state index contributed by atoms with van der Waals surface area (Å²) in [5, 5.41) is 8.98. The van der Waals surface area contributed by atoms with E-state index in [-0.39, 0.29) is 11.7 Å². The Kier molecular flexibility index (Phi) is 3.40. The molecule has 6 heteroatoms. The van der Waals surface area contributed by atoms with E-state index in [9.17, 15) is 9.18 Å². The lowest BCUT2D eigenvalue weighted by Crippen LogP contribution is -2.36. The average Bonchev–Trinajstić information content (AvgIpc) is 2.82. The predicted octanol–water partition coefficient (Wildman–Crippen LogP) is 1.77. The second kappa shape index (κ2) is 5.20. The van der Waals surface area contributed by atoms with Gasteiger partial charge in [-0.1, -0.05) is 0 Å². The Labute approximate surface area is 115 Å². The number of hydrogen-bond acceptors (Lipinski definition) is 3. The molecule has 0 saturated carbocycles. The van der Waals surface area contributed by atoms with Crippen LogP contribution in [0.4, 0.5) is 4.39 Å². The maximum absolute atomic E-state index is 13.3. The Morgan fingerprint density at radius 2 is 2.15 bits per heavy atom. The molecule has 3 heterocycles. The molecule has 106 valence electrons. The van der Waals surface area contributed by atoms with Crippen LogP contribution in [0.5, 0.6) is 0 Å². The van der Waals surface area contributed by atoms with Gasteiger partial charge in [0.05, 0.1) is 17.8 Å². The minimum atomic E-state index is -0.707. The molecule has 0 spiro atoms. The zero-order chi connectivity index (χ0) is 14.1. The van der Waals surface area contributed by atoms with Crippen molar-refractivity contribution in [2.75, 3.05) is 13.1 Å². The van der Waals surface area contributed by atoms with Gasteiger partial charge in [-0.25, -0.2) is 9.37 Å². The van der Waals surface area contributed by atoms with Gasteiger partial charge in [-0.3, -0.25) is 14.1 Å². The van der Waals surface area contributed by atoms with Crippen molar-refractivity contribution in [3.63, 3.8) is 0 Å². The lowest BCUT2D eigenvalue weighted by molar-refractivity contribution is -0.143. The molecule has 2 aromatic heterocycles. The van der Waals surface area contributed by atoms with Gasteiger partial charge in [0, 0.05) is 12.7 Å². The van der Waals surface area contributed by atoms with Crippen molar-refractivity contribution in [3.8, 4) is 0 Å². The van der Waals surface area contributed by atoms with Crippen LogP contribution in [0, 0.1) is 11.7 Å². The summed E-state index contributed by atoms with van der Waals surface area (Å²) in [6, 6.07) is 3.04. The predicted molar refractivity (Wildman–Crippen MR) is 70.8 cm³/mol. The summed E-state index contributed by atoms with van der Waals surface area (Å²) in [5.74, 6) is -1.23. The fourth-order valence-electron chi connectivity index (χ4n) is 2.69. The van der Waals surface area contributed by atoms with Crippen molar-refractivity contribution in [2.45, 2.75) is 19.4 Å². The Bertz CT molecular complexity index is 632. The number of nitrogens with zero attached hydrogens (tertiary/aromatic N) is 3. The second-order valence-corrected chi connectivity index (χ2v) is 5.21. The highest BCUT2D eigenvalue weighted by atomic mass is 19.1. The van der Waals surface area contributed by atoms with Gasteiger partial charge in [0.2, 0.25) is 0 Å². The van der Waals surface area contributed by atoms with Crippen LogP contribution in [0.3, 0.4) is 0 Å². The quantitative estimate of drug-likeness (QED) is 0.929. The molecule has 5 nitrogen and oxygen atoms in total. The van der Waals surface area contributed by atoms with Crippen molar-refractivity contribution < 1.29 is 14.3 Å². The molecule has 2 aromatic rings. The maximum atomic E-state index is 13.3. The molecule has 0 amide bonds. The number of aromatic nitrogens is 2. The maximum Gasteiger partial charge on any atom is 0.306 e. The average molecular weight is 277 g/mol. The fourth-order valence-corrected chi connectivity index (χ4v) is 2.69. The van der Waals surface area contributed by atoms with E-state index in [2.05, 4.69) is 9.88 Å². The zero-order valence-electron chi connectivity index (χ0n) is 11.0. The van der Waals surface area contributed by atoms with Crippen molar-refractivity contribution in [3.05, 3.63) is 36.0 Å². The van der Waals surface area contributed by atoms with E-state index < -0.39 is 5.97 Å². The molecule has 20 heavy (non-hydrogen) atoms. The molecule has 0 atom stereocenters. The number of carbonyl (C=O) groups is 1. The van der Waals surface area contributed by atoms with Crippen molar-refractivity contribution in [2.24, 2.45) is 5.92 Å². The number of imidazole rings is 1. The van der Waals surface area contributed by atoms with Crippen molar-refractivity contribution in [1.29, 1.82) is 0 Å². The summed E-state index contributed by atoms with van der Waals surface area (Å²) in [4.78, 5) is 17.3. The number of fused-ring (bicyclic) bond motifs is 1. The van der Waals surface area contributed by atoms with Gasteiger partial charge in [0.25, 0.3) is 0 Å². The smallest absolute Gasteiger partial charge is 0.306 e. The first kappa shape index (κ1) is 13.1. The van der Waals surface area contributed by atoms with E-state index >= 15 is 0 Å². The molecule has 1 aliphatic rings. The number of rotatable bonds is 3. The van der Waals surface area contributed by atoms with E-state index in [0.29, 0.717) is 19.4 Å². The molecule has 3 rings (SSSR count). The van der Waals surface area contributed by atoms with Crippen LogP contribution in [0.25, 0.3) is 5.65 Å². The fraction of sp³-hybridized carbons (Fsp3) is 0.429. The molecular formula is C14H16FN3O2. The number of carboxylic acid groups (broad SMARTS) is 1. The number of pyridine rings is 1. The van der Waals surface area contributed by atoms with E-state index in [1.54, 1.807) is 16.7 Å². The standard InChI is InChI=1S/C14H16FN3O2/c15-11-1-2-13-16-7-12(18(13)8-11)9-17-5-3-10(4-6-17)14(19)20/h1-2,7-8,10H,3-6,9H2,(H,19,20). The van der Waals surface area contributed by atoms with Gasteiger partial charge < -0.3 is 5.11 Å². The molecule has 0 aliphatic carbocycles. The lowest BCUT2D eigenvalue weighted by Gasteiger charge is -2.29. The second-order valence-electron chi connectivity index (χ2n) is 5.21. The molecule has 0 bridgehead atoms. The summed E-state index contributed by atoms with van der Waals surface area (Å²) < 4.78 is 15.0. The van der Waals surface area contributed by atoms with Gasteiger partial charge in [-0.15, -0.1) is 0 Å². The number of carboxylic acids is 1. The first-order valence-electron chi connectivity index (χ1n) is 6.70. The van der Waals surface area contributed by atoms with E-state index in [1.807, 2.05) is 0 Å². The largest absolute Gasteiger partial charge is 0.481 e. The van der Waals surface area contributed by atoms with E-state index in [1.165, 1.54) is 12.3 Å². The molecular weight excluding hydrogens is 261 g/mol. The summed E-state index contributed by atoms with van der Waals surface area (Å²) in [6.45, 7) is 2.16. The van der Waals surface area contributed by atoms with Gasteiger partial charge in [-0.2, -0.15) is 0 Å². The zero-order valence-corrected chi connectivity index (χ0v) is 11.0. The highest BCUT2D eigenvalue weighted by molar-refractivity contribution is 5.70. The van der Waals surface area contributed by atoms with Gasteiger partial charge in [0.1, 0.15) is 11.5 Å². The van der Waals surface area contributed by atoms with Crippen LogP contribution in [-0.4, -0.2) is 38.4 Å². The van der Waals surface area contributed by atoms with Crippen LogP contribution >= 0.6 is 0 Å². The molecule has 0 radical (unpaired) electrons. The van der Waals surface area contributed by atoms with E-state index in [4.69, 9.17) is 5.11 Å². The van der Waals surface area contributed by atoms with Crippen LogP contribution in [0.2, 0.25) is 0 Å². The van der Waals surface area contributed by atoms with Crippen LogP contribution in [0.15, 0.2) is 24.5 Å². The third kappa shape index (κ3) is 2.51. The number of halogens is 1. The van der Waals surface area contributed by atoms with Crippen molar-refractivity contribution in [1.82, 2.24) is 14.3 Å². The summed E-state index contributed by atoms with van der Waals surface area (Å²) in [6.07, 6.45) is 4.51. The Morgan fingerprint density at radius 1 is 1.40 bits per heavy atom. The van der Waals surface area contributed by atoms with Gasteiger partial charge >= 0.3 is 5.97 Å². The first-order chi connectivity index (χ1) is 9.63. The highest BCUT2D eigenvalue weighted by Gasteiger charge is 2.24. The minimum absolute atomic E-state index is 0.231. The number of aliphatic carboxylic acids is 1. The summed E-state index contributed by atoms with van der Waals surface area (Å²) in [5.41, 5.74) is 1.65. The van der Waals surface area contributed by atoms with Crippen molar-refractivity contribution >= 4 is 11.6 Å². The molecule has 1 aliphatic heterocycles. The van der Waals surface area contributed by atoms with E-state index in [0.717, 1.165) is 24.4 Å². The molecule has 0 aromatic carbocycles. The number of hydrogen-bond donors (Lipinski definition) is 1. The molecule has 1 N–H and O–H groups in total. The SMILES string of the molecule is O=C(O)C1CCN(Cc2cnc3ccc(F)cn23)CC1. The topological polar surface area (TPSA) is 57.8 Å². The number of likely N-dealkylation sites (tertiary alicyclic amines) is 1. The Hall–Kier alpha value is -1.95. The minimum Gasteiger partial charge on any atom is -0.481 e. The Balaban J connectivity index is 1.71. The van der Waals surface area contributed by atoms with Crippen LogP contribution in [0.1, 0.15) is 18.5 Å². The summed E-state index contributed by atoms with van der Waals surface area (Å²) >= 11 is 0. The molecule has 1 saturated heterocycles. The number of piperidine rings is 1. The molecule has 1 fully saturated rings. The normalized spacial score (nSPS) is 17.6. The third-order valence-corrected chi connectivity index (χ3v) is 3.87. The highest BCUT2D eigenvalue weighted by Crippen LogP contribution is 2.19. The molecule has 0 unspecified atom stereocenters. The Morgan fingerprint density at radius 3 is 2.85 bits per heavy atom. The van der Waals surface area contributed by atoms with Crippen LogP contribution < -0.4 is 0 Å². The van der Waals surface area contributed by atoms with Gasteiger partial charge in [-0.05, 0) is 38.1 Å². The summed E-state index contributed by atoms with van der Waals surface area (Å²) in [7, 11) is 0.